The first kappa shape index (κ1) is 23.9. The summed E-state index contributed by atoms with van der Waals surface area (Å²) in [6.45, 7) is 6.69. The van der Waals surface area contributed by atoms with E-state index in [1.807, 2.05) is 26.0 Å². The number of rotatable bonds is 4. The highest BCUT2D eigenvalue weighted by molar-refractivity contribution is 6.35. The zero-order valence-electron chi connectivity index (χ0n) is 20.9. The summed E-state index contributed by atoms with van der Waals surface area (Å²) in [5.41, 5.74) is 3.94. The molecule has 0 aliphatic carbocycles. The lowest BCUT2D eigenvalue weighted by Crippen LogP contribution is -2.32. The number of imide groups is 2. The second kappa shape index (κ2) is 9.02. The molecule has 4 aromatic rings. The van der Waals surface area contributed by atoms with Crippen molar-refractivity contribution in [1.82, 2.24) is 0 Å². The number of ether oxygens (including phenoxy) is 1. The van der Waals surface area contributed by atoms with Crippen molar-refractivity contribution in [2.75, 3.05) is 9.80 Å². The fourth-order valence-corrected chi connectivity index (χ4v) is 4.55. The summed E-state index contributed by atoms with van der Waals surface area (Å²) in [5, 5.41) is 1.85. The lowest BCUT2D eigenvalue weighted by atomic mass is 9.98. The topological polar surface area (TPSA) is 84.0 Å². The lowest BCUT2D eigenvalue weighted by Gasteiger charge is -2.17. The third-order valence-corrected chi connectivity index (χ3v) is 6.51. The minimum Gasteiger partial charge on any atom is -0.457 e. The van der Waals surface area contributed by atoms with Crippen molar-refractivity contribution in [3.63, 3.8) is 0 Å². The van der Waals surface area contributed by atoms with Crippen LogP contribution in [-0.2, 0) is 9.59 Å². The van der Waals surface area contributed by atoms with Crippen LogP contribution in [0.1, 0.15) is 45.7 Å². The van der Waals surface area contributed by atoms with Crippen LogP contribution in [0.15, 0.2) is 72.8 Å². The Hall–Kier alpha value is -4.78. The average Bonchev–Trinajstić information content (AvgIpc) is 3.09. The Bertz CT molecular complexity index is 1530. The van der Waals surface area contributed by atoms with Gasteiger partial charge < -0.3 is 4.74 Å². The first-order valence-electron chi connectivity index (χ1n) is 11.8. The van der Waals surface area contributed by atoms with Gasteiger partial charge in [-0.1, -0.05) is 12.1 Å². The quantitative estimate of drug-likeness (QED) is 0.329. The van der Waals surface area contributed by atoms with Crippen LogP contribution < -0.4 is 14.5 Å². The molecule has 37 heavy (non-hydrogen) atoms. The Kier molecular flexibility index (Phi) is 5.84. The minimum absolute atomic E-state index is 0.357. The third kappa shape index (κ3) is 4.25. The molecule has 4 aromatic carbocycles. The molecule has 7 nitrogen and oxygen atoms in total. The van der Waals surface area contributed by atoms with Gasteiger partial charge in [0.25, 0.3) is 11.8 Å². The summed E-state index contributed by atoms with van der Waals surface area (Å²) >= 11 is 0. The van der Waals surface area contributed by atoms with Gasteiger partial charge in [0.15, 0.2) is 0 Å². The molecule has 7 heteroatoms. The van der Waals surface area contributed by atoms with Crippen molar-refractivity contribution < 1.29 is 23.9 Å². The molecular formula is C30H24N2O5. The predicted molar refractivity (Wildman–Crippen MR) is 141 cm³/mol. The number of aryl methyl sites for hydroxylation is 2. The monoisotopic (exact) mass is 492 g/mol. The highest BCUT2D eigenvalue weighted by Crippen LogP contribution is 2.34. The van der Waals surface area contributed by atoms with E-state index in [2.05, 4.69) is 0 Å². The van der Waals surface area contributed by atoms with Gasteiger partial charge in [-0.2, -0.15) is 0 Å². The Balaban J connectivity index is 1.36. The van der Waals surface area contributed by atoms with Gasteiger partial charge in [0.2, 0.25) is 11.8 Å². The van der Waals surface area contributed by atoms with Crippen LogP contribution in [0.2, 0.25) is 0 Å². The fourth-order valence-electron chi connectivity index (χ4n) is 4.55. The van der Waals surface area contributed by atoms with Gasteiger partial charge in [0, 0.05) is 13.8 Å². The van der Waals surface area contributed by atoms with Crippen molar-refractivity contribution in [1.29, 1.82) is 0 Å². The number of carbonyl (C=O) groups excluding carboxylic acids is 4. The molecule has 1 heterocycles. The summed E-state index contributed by atoms with van der Waals surface area (Å²) in [6.07, 6.45) is 0. The summed E-state index contributed by atoms with van der Waals surface area (Å²) in [4.78, 5) is 52.1. The molecule has 4 amide bonds. The summed E-state index contributed by atoms with van der Waals surface area (Å²) in [5.74, 6) is -0.456. The largest absolute Gasteiger partial charge is 0.457 e. The molecule has 0 spiro atoms. The molecule has 0 bridgehead atoms. The molecule has 1 aliphatic heterocycles. The number of amides is 4. The first-order valence-corrected chi connectivity index (χ1v) is 11.8. The number of hydrogen-bond donors (Lipinski definition) is 0. The van der Waals surface area contributed by atoms with Gasteiger partial charge >= 0.3 is 0 Å². The van der Waals surface area contributed by atoms with Crippen LogP contribution in [0.5, 0.6) is 11.5 Å². The van der Waals surface area contributed by atoms with E-state index in [1.54, 1.807) is 60.7 Å². The van der Waals surface area contributed by atoms with E-state index in [1.165, 1.54) is 18.7 Å². The molecule has 0 saturated carbocycles. The van der Waals surface area contributed by atoms with Crippen LogP contribution in [-0.4, -0.2) is 23.6 Å². The van der Waals surface area contributed by atoms with Crippen LogP contribution in [0.3, 0.4) is 0 Å². The van der Waals surface area contributed by atoms with Crippen LogP contribution in [0.25, 0.3) is 10.8 Å². The maximum Gasteiger partial charge on any atom is 0.266 e. The van der Waals surface area contributed by atoms with Crippen molar-refractivity contribution in [3.8, 4) is 11.5 Å². The molecular weight excluding hydrogens is 468 g/mol. The summed E-state index contributed by atoms with van der Waals surface area (Å²) in [6, 6.07) is 20.9. The number of carbonyl (C=O) groups is 4. The number of hydrogen-bond acceptors (Lipinski definition) is 5. The first-order chi connectivity index (χ1) is 17.6. The van der Waals surface area contributed by atoms with Crippen molar-refractivity contribution in [2.45, 2.75) is 27.7 Å². The van der Waals surface area contributed by atoms with Crippen molar-refractivity contribution in [3.05, 3.63) is 95.1 Å². The van der Waals surface area contributed by atoms with E-state index >= 15 is 0 Å². The van der Waals surface area contributed by atoms with Gasteiger partial charge in [0.1, 0.15) is 11.5 Å². The molecule has 0 radical (unpaired) electrons. The second-order valence-electron chi connectivity index (χ2n) is 9.09. The zero-order valence-corrected chi connectivity index (χ0v) is 20.9. The van der Waals surface area contributed by atoms with Gasteiger partial charge in [-0.15, -0.1) is 0 Å². The normalized spacial score (nSPS) is 12.6. The molecule has 0 aromatic heterocycles. The molecule has 0 saturated heterocycles. The molecule has 0 unspecified atom stereocenters. The van der Waals surface area contributed by atoms with E-state index < -0.39 is 0 Å². The smallest absolute Gasteiger partial charge is 0.266 e. The van der Waals surface area contributed by atoms with E-state index in [0.717, 1.165) is 26.8 Å². The zero-order chi connectivity index (χ0) is 26.4. The molecule has 184 valence electrons. The number of anilines is 2. The van der Waals surface area contributed by atoms with E-state index in [0.29, 0.717) is 34.0 Å². The molecule has 0 N–H and O–H groups in total. The number of benzene rings is 4. The fraction of sp³-hybridized carbons (Fsp3) is 0.133. The predicted octanol–water partition coefficient (Wildman–Crippen LogP) is 5.95. The van der Waals surface area contributed by atoms with Gasteiger partial charge in [0.05, 0.1) is 22.5 Å². The molecule has 0 atom stereocenters. The van der Waals surface area contributed by atoms with E-state index in [-0.39, 0.29) is 23.6 Å². The van der Waals surface area contributed by atoms with Gasteiger partial charge in [-0.25, -0.2) is 4.90 Å². The number of nitrogens with zero attached hydrogens (tertiary/aromatic N) is 2. The maximum absolute atomic E-state index is 13.2. The molecule has 5 rings (SSSR count). The number of fused-ring (bicyclic) bond motifs is 2. The standard InChI is InChI=1S/C30H24N2O5/c1-17-13-21-15-27-28(16-22(21)14-18(17)2)30(36)32(29(27)35)24-7-11-26(12-8-24)37-25-9-5-23(6-10-25)31(19(3)33)20(4)34/h5-16H,1-4H3. The van der Waals surface area contributed by atoms with Crippen molar-refractivity contribution in [2.24, 2.45) is 0 Å². The second-order valence-corrected chi connectivity index (χ2v) is 9.09. The van der Waals surface area contributed by atoms with Crippen molar-refractivity contribution >= 4 is 45.8 Å². The lowest BCUT2D eigenvalue weighted by molar-refractivity contribution is -0.124. The Morgan fingerprint density at radius 2 is 1.11 bits per heavy atom. The third-order valence-electron chi connectivity index (χ3n) is 6.51. The van der Waals surface area contributed by atoms with E-state index in [4.69, 9.17) is 4.74 Å². The maximum atomic E-state index is 13.2. The molecule has 1 aliphatic rings. The molecule has 0 fully saturated rings. The summed E-state index contributed by atoms with van der Waals surface area (Å²) in [7, 11) is 0. The minimum atomic E-state index is -0.372. The highest BCUT2D eigenvalue weighted by Gasteiger charge is 2.37. The Morgan fingerprint density at radius 3 is 1.54 bits per heavy atom. The van der Waals surface area contributed by atoms with E-state index in [9.17, 15) is 19.2 Å². The average molecular weight is 493 g/mol. The van der Waals surface area contributed by atoms with Gasteiger partial charge in [-0.05, 0) is 96.4 Å². The Morgan fingerprint density at radius 1 is 0.676 bits per heavy atom. The van der Waals surface area contributed by atoms with Gasteiger partial charge in [-0.3, -0.25) is 24.1 Å². The highest BCUT2D eigenvalue weighted by atomic mass is 16.5. The SMILES string of the molecule is CC(=O)N(C(C)=O)c1ccc(Oc2ccc(N3C(=O)c4cc5cc(C)c(C)cc5cc4C3=O)cc2)cc1. The van der Waals surface area contributed by atoms with Crippen LogP contribution in [0, 0.1) is 13.8 Å². The van der Waals surface area contributed by atoms with Crippen LogP contribution in [0.4, 0.5) is 11.4 Å². The van der Waals surface area contributed by atoms with Crippen LogP contribution >= 0.6 is 0 Å². The summed E-state index contributed by atoms with van der Waals surface area (Å²) < 4.78 is 5.87. The Labute approximate surface area is 213 Å².